The first-order chi connectivity index (χ1) is 11.0. The highest BCUT2D eigenvalue weighted by Crippen LogP contribution is 2.17. The number of halogens is 1. The van der Waals surface area contributed by atoms with E-state index in [0.717, 1.165) is 11.3 Å². The minimum Gasteiger partial charge on any atom is -0.267 e. The number of amides is 2. The quantitative estimate of drug-likeness (QED) is 0.503. The first-order valence-electron chi connectivity index (χ1n) is 6.84. The van der Waals surface area contributed by atoms with Crippen LogP contribution in [0.1, 0.15) is 33.3 Å². The molecular weight excluding hydrogens is 336 g/mol. The SMILES string of the molecule is CCSc1ncc(Cl)c(C(=O)NNC(=O)c2ccc(C)cc2)n1. The number of hydrogen-bond donors (Lipinski definition) is 2. The van der Waals surface area contributed by atoms with Crippen molar-refractivity contribution in [1.82, 2.24) is 20.8 Å². The van der Waals surface area contributed by atoms with Gasteiger partial charge >= 0.3 is 0 Å². The number of nitrogens with one attached hydrogen (secondary N) is 2. The average molecular weight is 351 g/mol. The smallest absolute Gasteiger partial charge is 0.267 e. The van der Waals surface area contributed by atoms with Crippen molar-refractivity contribution in [3.8, 4) is 0 Å². The third-order valence-electron chi connectivity index (χ3n) is 2.81. The summed E-state index contributed by atoms with van der Waals surface area (Å²) in [6.45, 7) is 3.87. The zero-order chi connectivity index (χ0) is 16.8. The molecule has 0 saturated heterocycles. The zero-order valence-corrected chi connectivity index (χ0v) is 14.2. The topological polar surface area (TPSA) is 84.0 Å². The van der Waals surface area contributed by atoms with Gasteiger partial charge in [-0.15, -0.1) is 0 Å². The molecule has 0 spiro atoms. The summed E-state index contributed by atoms with van der Waals surface area (Å²) in [7, 11) is 0. The molecule has 1 aromatic heterocycles. The van der Waals surface area contributed by atoms with Crippen molar-refractivity contribution in [1.29, 1.82) is 0 Å². The molecule has 0 radical (unpaired) electrons. The molecule has 8 heteroatoms. The van der Waals surface area contributed by atoms with Gasteiger partial charge in [-0.05, 0) is 24.8 Å². The van der Waals surface area contributed by atoms with Crippen LogP contribution in [0.5, 0.6) is 0 Å². The van der Waals surface area contributed by atoms with Gasteiger partial charge in [0, 0.05) is 5.56 Å². The molecule has 0 saturated carbocycles. The molecular formula is C15H15ClN4O2S. The van der Waals surface area contributed by atoms with Crippen LogP contribution in [-0.2, 0) is 0 Å². The Morgan fingerprint density at radius 3 is 2.48 bits per heavy atom. The van der Waals surface area contributed by atoms with Gasteiger partial charge in [-0.2, -0.15) is 0 Å². The van der Waals surface area contributed by atoms with Crippen LogP contribution in [-0.4, -0.2) is 27.5 Å². The molecule has 120 valence electrons. The third-order valence-corrected chi connectivity index (χ3v) is 3.83. The molecule has 6 nitrogen and oxygen atoms in total. The van der Waals surface area contributed by atoms with Crippen molar-refractivity contribution >= 4 is 35.2 Å². The summed E-state index contributed by atoms with van der Waals surface area (Å²) in [5.74, 6) is -0.255. The number of hydrogen-bond acceptors (Lipinski definition) is 5. The Kier molecular flexibility index (Phi) is 5.95. The molecule has 0 aliphatic heterocycles. The van der Waals surface area contributed by atoms with E-state index < -0.39 is 11.8 Å². The van der Waals surface area contributed by atoms with E-state index in [0.29, 0.717) is 10.7 Å². The predicted molar refractivity (Wildman–Crippen MR) is 89.6 cm³/mol. The Hall–Kier alpha value is -2.12. The van der Waals surface area contributed by atoms with E-state index in [1.165, 1.54) is 18.0 Å². The second-order valence-corrected chi connectivity index (χ2v) is 6.19. The van der Waals surface area contributed by atoms with Crippen LogP contribution in [0.2, 0.25) is 5.02 Å². The maximum atomic E-state index is 12.1. The molecule has 1 aromatic carbocycles. The van der Waals surface area contributed by atoms with Crippen LogP contribution in [0.4, 0.5) is 0 Å². The summed E-state index contributed by atoms with van der Waals surface area (Å²) in [5.41, 5.74) is 6.12. The number of carbonyl (C=O) groups is 2. The lowest BCUT2D eigenvalue weighted by molar-refractivity contribution is 0.0843. The molecule has 0 bridgehead atoms. The van der Waals surface area contributed by atoms with E-state index in [9.17, 15) is 9.59 Å². The minimum absolute atomic E-state index is 0.0156. The Morgan fingerprint density at radius 1 is 1.17 bits per heavy atom. The van der Waals surface area contributed by atoms with Gasteiger partial charge in [-0.3, -0.25) is 20.4 Å². The molecule has 0 aliphatic rings. The summed E-state index contributed by atoms with van der Waals surface area (Å²) < 4.78 is 0. The zero-order valence-electron chi connectivity index (χ0n) is 12.6. The molecule has 23 heavy (non-hydrogen) atoms. The number of rotatable bonds is 4. The second-order valence-electron chi connectivity index (χ2n) is 4.56. The molecule has 0 aliphatic carbocycles. The molecule has 2 rings (SSSR count). The normalized spacial score (nSPS) is 10.2. The average Bonchev–Trinajstić information content (AvgIpc) is 2.55. The Labute approximate surface area is 143 Å². The van der Waals surface area contributed by atoms with Crippen LogP contribution in [0, 0.1) is 6.92 Å². The van der Waals surface area contributed by atoms with Crippen LogP contribution in [0.15, 0.2) is 35.6 Å². The molecule has 2 amide bonds. The highest BCUT2D eigenvalue weighted by atomic mass is 35.5. The van der Waals surface area contributed by atoms with E-state index in [2.05, 4.69) is 20.8 Å². The molecule has 2 aromatic rings. The molecule has 0 unspecified atom stereocenters. The van der Waals surface area contributed by atoms with Gasteiger partial charge in [0.15, 0.2) is 10.9 Å². The van der Waals surface area contributed by atoms with Crippen molar-refractivity contribution in [2.45, 2.75) is 19.0 Å². The Balaban J connectivity index is 2.03. The number of aromatic nitrogens is 2. The summed E-state index contributed by atoms with van der Waals surface area (Å²) >= 11 is 7.32. The fourth-order valence-electron chi connectivity index (χ4n) is 1.66. The maximum Gasteiger partial charge on any atom is 0.289 e. The van der Waals surface area contributed by atoms with Gasteiger partial charge in [0.25, 0.3) is 11.8 Å². The van der Waals surface area contributed by atoms with Crippen molar-refractivity contribution in [3.63, 3.8) is 0 Å². The molecule has 1 heterocycles. The molecule has 0 atom stereocenters. The summed E-state index contributed by atoms with van der Waals surface area (Å²) in [5, 5.41) is 0.569. The van der Waals surface area contributed by atoms with Gasteiger partial charge in [0.1, 0.15) is 0 Å². The number of aryl methyl sites for hydroxylation is 1. The minimum atomic E-state index is -0.601. The number of hydrazine groups is 1. The van der Waals surface area contributed by atoms with Gasteiger partial charge in [-0.1, -0.05) is 48.0 Å². The van der Waals surface area contributed by atoms with E-state index in [4.69, 9.17) is 11.6 Å². The largest absolute Gasteiger partial charge is 0.289 e. The number of thioether (sulfide) groups is 1. The van der Waals surface area contributed by atoms with E-state index in [1.54, 1.807) is 12.1 Å². The van der Waals surface area contributed by atoms with Crippen molar-refractivity contribution in [2.75, 3.05) is 5.75 Å². The van der Waals surface area contributed by atoms with E-state index >= 15 is 0 Å². The monoisotopic (exact) mass is 350 g/mol. The first kappa shape index (κ1) is 17.2. The molecule has 2 N–H and O–H groups in total. The predicted octanol–water partition coefficient (Wildman–Crippen LogP) is 2.63. The third kappa shape index (κ3) is 4.67. The van der Waals surface area contributed by atoms with Crippen LogP contribution < -0.4 is 10.9 Å². The Bertz CT molecular complexity index is 722. The van der Waals surface area contributed by atoms with Crippen LogP contribution >= 0.6 is 23.4 Å². The first-order valence-corrected chi connectivity index (χ1v) is 8.20. The maximum absolute atomic E-state index is 12.1. The van der Waals surface area contributed by atoms with Crippen LogP contribution in [0.3, 0.4) is 0 Å². The van der Waals surface area contributed by atoms with Gasteiger partial charge in [0.05, 0.1) is 11.2 Å². The van der Waals surface area contributed by atoms with Crippen LogP contribution in [0.25, 0.3) is 0 Å². The highest BCUT2D eigenvalue weighted by molar-refractivity contribution is 7.99. The summed E-state index contributed by atoms with van der Waals surface area (Å²) in [6.07, 6.45) is 1.36. The fraction of sp³-hybridized carbons (Fsp3) is 0.200. The Morgan fingerprint density at radius 2 is 1.83 bits per heavy atom. The van der Waals surface area contributed by atoms with Gasteiger partial charge in [-0.25, -0.2) is 9.97 Å². The molecule has 0 fully saturated rings. The fourth-order valence-corrected chi connectivity index (χ4v) is 2.38. The number of benzene rings is 1. The van der Waals surface area contributed by atoms with E-state index in [-0.39, 0.29) is 10.7 Å². The van der Waals surface area contributed by atoms with Gasteiger partial charge in [0.2, 0.25) is 0 Å². The van der Waals surface area contributed by atoms with Crippen molar-refractivity contribution in [2.24, 2.45) is 0 Å². The summed E-state index contributed by atoms with van der Waals surface area (Å²) in [6, 6.07) is 6.97. The standard InChI is InChI=1S/C15H15ClN4O2S/c1-3-23-15-17-8-11(16)12(18-15)14(22)20-19-13(21)10-6-4-9(2)5-7-10/h4-8H,3H2,1-2H3,(H,19,21)(H,20,22). The van der Waals surface area contributed by atoms with Gasteiger partial charge < -0.3 is 0 Å². The second kappa shape index (κ2) is 7.94. The van der Waals surface area contributed by atoms with E-state index in [1.807, 2.05) is 26.0 Å². The number of nitrogens with zero attached hydrogens (tertiary/aromatic N) is 2. The lowest BCUT2D eigenvalue weighted by Crippen LogP contribution is -2.42. The van der Waals surface area contributed by atoms with Crippen molar-refractivity contribution in [3.05, 3.63) is 52.3 Å². The summed E-state index contributed by atoms with van der Waals surface area (Å²) in [4.78, 5) is 32.1. The number of carbonyl (C=O) groups excluding carboxylic acids is 2. The highest BCUT2D eigenvalue weighted by Gasteiger charge is 2.15. The van der Waals surface area contributed by atoms with Crippen molar-refractivity contribution < 1.29 is 9.59 Å². The lowest BCUT2D eigenvalue weighted by atomic mass is 10.1. The lowest BCUT2D eigenvalue weighted by Gasteiger charge is -2.08.